The molecule has 3 heterocycles. The lowest BCUT2D eigenvalue weighted by molar-refractivity contribution is -0.384. The highest BCUT2D eigenvalue weighted by molar-refractivity contribution is 5.83. The van der Waals surface area contributed by atoms with Crippen molar-refractivity contribution in [3.8, 4) is 0 Å². The van der Waals surface area contributed by atoms with Crippen molar-refractivity contribution < 1.29 is 10.0 Å². The van der Waals surface area contributed by atoms with E-state index in [1.807, 2.05) is 18.2 Å². The second kappa shape index (κ2) is 7.79. The molecule has 0 aliphatic carbocycles. The van der Waals surface area contributed by atoms with Crippen LogP contribution in [0.5, 0.6) is 0 Å². The van der Waals surface area contributed by atoms with E-state index in [-0.39, 0.29) is 18.1 Å². The quantitative estimate of drug-likeness (QED) is 0.434. The molecule has 4 rings (SSSR count). The van der Waals surface area contributed by atoms with Gasteiger partial charge in [-0.25, -0.2) is 4.98 Å². The first-order valence-electron chi connectivity index (χ1n) is 9.08. The van der Waals surface area contributed by atoms with Gasteiger partial charge in [0.05, 0.1) is 23.2 Å². The minimum atomic E-state index is -0.436. The molecule has 2 aromatic heterocycles. The van der Waals surface area contributed by atoms with Crippen molar-refractivity contribution in [2.75, 3.05) is 49.5 Å². The fraction of sp³-hybridized carbons (Fsp3) is 0.333. The van der Waals surface area contributed by atoms with Crippen LogP contribution in [0, 0.1) is 10.1 Å². The molecule has 0 radical (unpaired) electrons. The summed E-state index contributed by atoms with van der Waals surface area (Å²) in [4.78, 5) is 19.8. The van der Waals surface area contributed by atoms with Gasteiger partial charge >= 0.3 is 5.69 Å². The number of piperazine rings is 1. The summed E-state index contributed by atoms with van der Waals surface area (Å²) in [7, 11) is 0. The normalized spacial score (nSPS) is 15.1. The van der Waals surface area contributed by atoms with Crippen molar-refractivity contribution in [2.45, 2.75) is 0 Å². The summed E-state index contributed by atoms with van der Waals surface area (Å²) in [5.74, 6) is 0.907. The molecule has 0 bridgehead atoms. The SMILES string of the molecule is O=[N+]([O-])c1ccc(N2CCN(CCO)CC2)nc1Nc1ccc2[nH]ncc2c1. The monoisotopic (exact) mass is 383 g/mol. The van der Waals surface area contributed by atoms with Gasteiger partial charge in [-0.05, 0) is 24.3 Å². The van der Waals surface area contributed by atoms with Crippen molar-refractivity contribution in [3.63, 3.8) is 0 Å². The molecule has 1 aromatic carbocycles. The van der Waals surface area contributed by atoms with Crippen molar-refractivity contribution >= 4 is 33.9 Å². The summed E-state index contributed by atoms with van der Waals surface area (Å²) in [6.45, 7) is 3.95. The van der Waals surface area contributed by atoms with Crippen LogP contribution in [0.25, 0.3) is 10.9 Å². The third kappa shape index (κ3) is 3.73. The van der Waals surface area contributed by atoms with Crippen molar-refractivity contribution in [3.05, 3.63) is 46.6 Å². The van der Waals surface area contributed by atoms with Gasteiger partial charge in [0.2, 0.25) is 5.82 Å². The Hall–Kier alpha value is -3.24. The first kappa shape index (κ1) is 18.1. The number of rotatable bonds is 6. The first-order valence-corrected chi connectivity index (χ1v) is 9.08. The Labute approximate surface area is 160 Å². The van der Waals surface area contributed by atoms with Gasteiger partial charge in [0.1, 0.15) is 5.82 Å². The molecule has 3 aromatic rings. The molecule has 10 nitrogen and oxygen atoms in total. The van der Waals surface area contributed by atoms with Gasteiger partial charge in [0.25, 0.3) is 0 Å². The van der Waals surface area contributed by atoms with E-state index in [0.29, 0.717) is 18.1 Å². The Bertz CT molecular complexity index is 982. The Balaban J connectivity index is 1.58. The van der Waals surface area contributed by atoms with Crippen LogP contribution >= 0.6 is 0 Å². The maximum absolute atomic E-state index is 11.5. The zero-order chi connectivity index (χ0) is 19.5. The smallest absolute Gasteiger partial charge is 0.311 e. The second-order valence-corrected chi connectivity index (χ2v) is 6.64. The summed E-state index contributed by atoms with van der Waals surface area (Å²) in [5.41, 5.74) is 1.52. The number of nitro groups is 1. The van der Waals surface area contributed by atoms with Crippen LogP contribution in [-0.4, -0.2) is 69.4 Å². The number of β-amino-alcohol motifs (C(OH)–C–C–N with tert-alkyl or cyclic N) is 1. The zero-order valence-electron chi connectivity index (χ0n) is 15.2. The number of aliphatic hydroxyl groups is 1. The number of H-pyrrole nitrogens is 1. The highest BCUT2D eigenvalue weighted by Gasteiger charge is 2.22. The van der Waals surface area contributed by atoms with Crippen LogP contribution in [0.3, 0.4) is 0 Å². The Morgan fingerprint density at radius 2 is 2.04 bits per heavy atom. The highest BCUT2D eigenvalue weighted by Crippen LogP contribution is 2.29. The van der Waals surface area contributed by atoms with Crippen LogP contribution in [0.2, 0.25) is 0 Å². The van der Waals surface area contributed by atoms with Gasteiger partial charge in [-0.15, -0.1) is 0 Å². The average Bonchev–Trinajstić information content (AvgIpc) is 3.16. The van der Waals surface area contributed by atoms with Crippen LogP contribution in [0.15, 0.2) is 36.5 Å². The third-order valence-corrected chi connectivity index (χ3v) is 4.87. The van der Waals surface area contributed by atoms with Crippen molar-refractivity contribution in [1.29, 1.82) is 0 Å². The molecule has 1 fully saturated rings. The average molecular weight is 383 g/mol. The van der Waals surface area contributed by atoms with Gasteiger partial charge in [0, 0.05) is 49.9 Å². The third-order valence-electron chi connectivity index (χ3n) is 4.87. The molecule has 28 heavy (non-hydrogen) atoms. The second-order valence-electron chi connectivity index (χ2n) is 6.64. The van der Waals surface area contributed by atoms with Crippen LogP contribution in [0.4, 0.5) is 23.0 Å². The van der Waals surface area contributed by atoms with E-state index in [2.05, 4.69) is 30.3 Å². The summed E-state index contributed by atoms with van der Waals surface area (Å²) in [6, 6.07) is 8.73. The largest absolute Gasteiger partial charge is 0.395 e. The number of nitrogens with zero attached hydrogens (tertiary/aromatic N) is 5. The van der Waals surface area contributed by atoms with Gasteiger partial charge in [0.15, 0.2) is 0 Å². The topological polar surface area (TPSA) is 123 Å². The van der Waals surface area contributed by atoms with Crippen LogP contribution < -0.4 is 10.2 Å². The number of aromatic amines is 1. The zero-order valence-corrected chi connectivity index (χ0v) is 15.2. The molecule has 0 spiro atoms. The molecular weight excluding hydrogens is 362 g/mol. The molecule has 1 aliphatic rings. The van der Waals surface area contributed by atoms with Gasteiger partial charge in [-0.3, -0.25) is 20.1 Å². The van der Waals surface area contributed by atoms with E-state index in [4.69, 9.17) is 5.11 Å². The molecule has 0 unspecified atom stereocenters. The maximum atomic E-state index is 11.5. The van der Waals surface area contributed by atoms with E-state index in [9.17, 15) is 10.1 Å². The van der Waals surface area contributed by atoms with Crippen molar-refractivity contribution in [2.24, 2.45) is 0 Å². The predicted octanol–water partition coefficient (Wildman–Crippen LogP) is 1.72. The van der Waals surface area contributed by atoms with Crippen LogP contribution in [0.1, 0.15) is 0 Å². The number of hydrogen-bond donors (Lipinski definition) is 3. The summed E-state index contributed by atoms with van der Waals surface area (Å²) in [6.07, 6.45) is 1.70. The minimum Gasteiger partial charge on any atom is -0.395 e. The molecule has 0 atom stereocenters. The van der Waals surface area contributed by atoms with Gasteiger partial charge < -0.3 is 15.3 Å². The Kier molecular flexibility index (Phi) is 5.04. The summed E-state index contributed by atoms with van der Waals surface area (Å²) >= 11 is 0. The fourth-order valence-corrected chi connectivity index (χ4v) is 3.36. The molecule has 1 aliphatic heterocycles. The maximum Gasteiger partial charge on any atom is 0.311 e. The van der Waals surface area contributed by atoms with E-state index < -0.39 is 4.92 Å². The number of anilines is 3. The predicted molar refractivity (Wildman–Crippen MR) is 106 cm³/mol. The van der Waals surface area contributed by atoms with E-state index in [0.717, 1.165) is 37.1 Å². The molecule has 0 saturated carbocycles. The number of hydrogen-bond acceptors (Lipinski definition) is 8. The lowest BCUT2D eigenvalue weighted by Crippen LogP contribution is -2.47. The first-order chi connectivity index (χ1) is 13.6. The van der Waals surface area contributed by atoms with E-state index in [1.54, 1.807) is 12.3 Å². The van der Waals surface area contributed by atoms with Gasteiger partial charge in [-0.1, -0.05) is 0 Å². The standard InChI is InChI=1S/C18H21N7O3/c26-10-9-23-5-7-24(8-6-23)17-4-3-16(25(27)28)18(21-17)20-14-1-2-15-13(11-14)12-19-22-15/h1-4,11-12,26H,5-10H2,(H,19,22)(H,20,21). The fourth-order valence-electron chi connectivity index (χ4n) is 3.36. The molecular formula is C18H21N7O3. The van der Waals surface area contributed by atoms with E-state index in [1.165, 1.54) is 6.07 Å². The molecule has 0 amide bonds. The van der Waals surface area contributed by atoms with Crippen LogP contribution in [-0.2, 0) is 0 Å². The molecule has 10 heteroatoms. The Morgan fingerprint density at radius 3 is 2.79 bits per heavy atom. The molecule has 1 saturated heterocycles. The van der Waals surface area contributed by atoms with E-state index >= 15 is 0 Å². The van der Waals surface area contributed by atoms with Gasteiger partial charge in [-0.2, -0.15) is 5.10 Å². The number of nitrogens with one attached hydrogen (secondary N) is 2. The number of fused-ring (bicyclic) bond motifs is 1. The lowest BCUT2D eigenvalue weighted by atomic mass is 10.2. The van der Waals surface area contributed by atoms with Crippen molar-refractivity contribution in [1.82, 2.24) is 20.1 Å². The molecule has 3 N–H and O–H groups in total. The number of pyridine rings is 1. The Morgan fingerprint density at radius 1 is 1.21 bits per heavy atom. The highest BCUT2D eigenvalue weighted by atomic mass is 16.6. The summed E-state index contributed by atoms with van der Waals surface area (Å²) in [5, 5.41) is 31.4. The number of benzene rings is 1. The summed E-state index contributed by atoms with van der Waals surface area (Å²) < 4.78 is 0. The minimum absolute atomic E-state index is 0.0741. The number of aromatic nitrogens is 3. The molecule has 146 valence electrons. The lowest BCUT2D eigenvalue weighted by Gasteiger charge is -2.35. The number of aliphatic hydroxyl groups excluding tert-OH is 1.